The maximum Gasteiger partial charge on any atom is 0.173 e. The van der Waals surface area contributed by atoms with Crippen molar-refractivity contribution in [2.75, 3.05) is 53.6 Å². The van der Waals surface area contributed by atoms with Crippen molar-refractivity contribution >= 4 is 0 Å². The third-order valence-electron chi connectivity index (χ3n) is 7.57. The van der Waals surface area contributed by atoms with Crippen LogP contribution in [0.5, 0.6) is 11.5 Å². The molecule has 3 aromatic carbocycles. The molecule has 0 bridgehead atoms. The summed E-state index contributed by atoms with van der Waals surface area (Å²) < 4.78 is 51.2. The second-order valence-corrected chi connectivity index (χ2v) is 10.4. The van der Waals surface area contributed by atoms with E-state index in [-0.39, 0.29) is 16.9 Å². The molecule has 1 aromatic heterocycles. The second kappa shape index (κ2) is 13.5. The predicted octanol–water partition coefficient (Wildman–Crippen LogP) is 5.19. The predicted molar refractivity (Wildman–Crippen MR) is 155 cm³/mol. The Balaban J connectivity index is 1.43. The number of benzene rings is 3. The molecule has 5 rings (SSSR count). The molecule has 0 aliphatic carbocycles. The van der Waals surface area contributed by atoms with Gasteiger partial charge in [-0.1, -0.05) is 30.3 Å². The smallest absolute Gasteiger partial charge is 0.173 e. The van der Waals surface area contributed by atoms with E-state index in [9.17, 15) is 13.9 Å². The minimum absolute atomic E-state index is 0.174. The van der Waals surface area contributed by atoms with E-state index in [1.54, 1.807) is 38.5 Å². The Labute approximate surface area is 244 Å². The summed E-state index contributed by atoms with van der Waals surface area (Å²) in [5, 5.41) is 12.1. The van der Waals surface area contributed by atoms with E-state index in [1.165, 1.54) is 36.4 Å². The highest BCUT2D eigenvalue weighted by Crippen LogP contribution is 2.38. The largest absolute Gasteiger partial charge is 0.493 e. The summed E-state index contributed by atoms with van der Waals surface area (Å²) >= 11 is 0. The number of aliphatic hydroxyl groups is 1. The zero-order chi connectivity index (χ0) is 29.5. The third-order valence-corrected chi connectivity index (χ3v) is 7.57. The summed E-state index contributed by atoms with van der Waals surface area (Å²) in [5.41, 5.74) is -0.380. The van der Waals surface area contributed by atoms with E-state index in [4.69, 9.17) is 18.6 Å². The van der Waals surface area contributed by atoms with Gasteiger partial charge < -0.3 is 23.7 Å². The summed E-state index contributed by atoms with van der Waals surface area (Å²) in [6.07, 6.45) is 0. The molecular formula is C33H36F2N2O5. The lowest BCUT2D eigenvalue weighted by Crippen LogP contribution is -2.41. The average Bonchev–Trinajstić information content (AvgIpc) is 3.49. The first-order valence-electron chi connectivity index (χ1n) is 14.0. The Morgan fingerprint density at radius 1 is 0.833 bits per heavy atom. The summed E-state index contributed by atoms with van der Waals surface area (Å²) in [4.78, 5) is 4.62. The first-order chi connectivity index (χ1) is 20.4. The minimum atomic E-state index is -1.90. The number of hydrogen-bond acceptors (Lipinski definition) is 7. The number of nitrogens with zero attached hydrogens (tertiary/aromatic N) is 2. The van der Waals surface area contributed by atoms with Crippen molar-refractivity contribution < 1.29 is 32.5 Å². The van der Waals surface area contributed by atoms with Gasteiger partial charge in [-0.3, -0.25) is 9.80 Å². The van der Waals surface area contributed by atoms with Crippen molar-refractivity contribution in [3.05, 3.63) is 119 Å². The molecule has 0 spiro atoms. The zero-order valence-corrected chi connectivity index (χ0v) is 23.9. The molecule has 1 N–H and O–H groups in total. The van der Waals surface area contributed by atoms with Crippen LogP contribution in [0.15, 0.2) is 83.3 Å². The summed E-state index contributed by atoms with van der Waals surface area (Å²) in [6, 6.07) is 20.6. The van der Waals surface area contributed by atoms with Gasteiger partial charge in [-0.25, -0.2) is 8.78 Å². The van der Waals surface area contributed by atoms with Crippen LogP contribution in [-0.2, 0) is 23.4 Å². The lowest BCUT2D eigenvalue weighted by Gasteiger charge is -2.30. The van der Waals surface area contributed by atoms with Crippen LogP contribution in [0.1, 0.15) is 28.2 Å². The number of furan rings is 1. The molecule has 1 fully saturated rings. The fourth-order valence-corrected chi connectivity index (χ4v) is 5.31. The first kappa shape index (κ1) is 29.7. The molecular weight excluding hydrogens is 542 g/mol. The van der Waals surface area contributed by atoms with E-state index < -0.39 is 17.2 Å². The van der Waals surface area contributed by atoms with E-state index >= 15 is 0 Å². The van der Waals surface area contributed by atoms with Gasteiger partial charge in [0.2, 0.25) is 0 Å². The highest BCUT2D eigenvalue weighted by molar-refractivity contribution is 5.45. The summed E-state index contributed by atoms with van der Waals surface area (Å²) in [6.45, 7) is 5.85. The SMILES string of the molecule is COc1ccc(CN(CCN2CCOCC2)Cc2ccc(C(O)(c3cccc(F)c3)c3cccc(F)c3)o2)cc1OC. The molecule has 0 amide bonds. The zero-order valence-electron chi connectivity index (χ0n) is 23.9. The van der Waals surface area contributed by atoms with Gasteiger partial charge in [0.25, 0.3) is 0 Å². The number of ether oxygens (including phenoxy) is 3. The Hall–Kier alpha value is -3.76. The molecule has 42 heavy (non-hydrogen) atoms. The van der Waals surface area contributed by atoms with E-state index in [1.807, 2.05) is 18.2 Å². The molecule has 9 heteroatoms. The standard InChI is InChI=1S/C33H36F2N2O5/c1-39-30-11-9-24(19-31(30)40-2)22-37(14-13-36-15-17-41-18-16-36)23-29-10-12-32(42-29)33(38,25-5-3-7-27(34)20-25)26-6-4-8-28(35)21-26/h3-12,19-21,38H,13-18,22-23H2,1-2H3. The topological polar surface area (TPSA) is 67.5 Å². The quantitative estimate of drug-likeness (QED) is 0.248. The highest BCUT2D eigenvalue weighted by Gasteiger charge is 2.38. The van der Waals surface area contributed by atoms with Gasteiger partial charge in [-0.2, -0.15) is 0 Å². The first-order valence-corrected chi connectivity index (χ1v) is 14.0. The molecule has 1 saturated heterocycles. The molecule has 1 aliphatic rings. The number of hydrogen-bond donors (Lipinski definition) is 1. The van der Waals surface area contributed by atoms with E-state index in [0.29, 0.717) is 30.3 Å². The highest BCUT2D eigenvalue weighted by atomic mass is 19.1. The molecule has 0 atom stereocenters. The van der Waals surface area contributed by atoms with Gasteiger partial charge in [0.15, 0.2) is 17.1 Å². The number of rotatable bonds is 12. The van der Waals surface area contributed by atoms with Crippen LogP contribution in [0.4, 0.5) is 8.78 Å². The fraction of sp³-hybridized carbons (Fsp3) is 0.333. The van der Waals surface area contributed by atoms with Crippen molar-refractivity contribution in [3.8, 4) is 11.5 Å². The molecule has 1 aliphatic heterocycles. The Morgan fingerprint density at radius 3 is 2.12 bits per heavy atom. The molecule has 2 heterocycles. The normalized spacial score (nSPS) is 14.3. The molecule has 0 radical (unpaired) electrons. The average molecular weight is 579 g/mol. The van der Waals surface area contributed by atoms with Crippen molar-refractivity contribution in [2.24, 2.45) is 0 Å². The van der Waals surface area contributed by atoms with Gasteiger partial charge in [-0.05, 0) is 65.2 Å². The van der Waals surface area contributed by atoms with Crippen LogP contribution >= 0.6 is 0 Å². The van der Waals surface area contributed by atoms with E-state index in [0.717, 1.165) is 45.0 Å². The van der Waals surface area contributed by atoms with Gasteiger partial charge in [0.1, 0.15) is 23.2 Å². The third kappa shape index (κ3) is 6.82. The Bertz CT molecular complexity index is 1420. The number of halogens is 2. The van der Waals surface area contributed by atoms with Crippen LogP contribution < -0.4 is 9.47 Å². The number of morpholine rings is 1. The van der Waals surface area contributed by atoms with Crippen molar-refractivity contribution in [1.29, 1.82) is 0 Å². The van der Waals surface area contributed by atoms with Gasteiger partial charge in [-0.15, -0.1) is 0 Å². The number of methoxy groups -OCH3 is 2. The summed E-state index contributed by atoms with van der Waals surface area (Å²) in [5.74, 6) is 1.06. The fourth-order valence-electron chi connectivity index (χ4n) is 5.31. The monoisotopic (exact) mass is 578 g/mol. The van der Waals surface area contributed by atoms with Crippen LogP contribution in [0.25, 0.3) is 0 Å². The molecule has 0 unspecified atom stereocenters. The van der Waals surface area contributed by atoms with Crippen LogP contribution in [0.3, 0.4) is 0 Å². The minimum Gasteiger partial charge on any atom is -0.493 e. The summed E-state index contributed by atoms with van der Waals surface area (Å²) in [7, 11) is 3.22. The van der Waals surface area contributed by atoms with E-state index in [2.05, 4.69) is 9.80 Å². The Kier molecular flexibility index (Phi) is 9.54. The van der Waals surface area contributed by atoms with Crippen LogP contribution in [0.2, 0.25) is 0 Å². The van der Waals surface area contributed by atoms with Gasteiger partial charge >= 0.3 is 0 Å². The van der Waals surface area contributed by atoms with Crippen molar-refractivity contribution in [2.45, 2.75) is 18.7 Å². The van der Waals surface area contributed by atoms with Crippen LogP contribution in [0, 0.1) is 11.6 Å². The molecule has 4 aromatic rings. The lowest BCUT2D eigenvalue weighted by atomic mass is 9.84. The molecule has 0 saturated carbocycles. The Morgan fingerprint density at radius 2 is 1.50 bits per heavy atom. The molecule has 7 nitrogen and oxygen atoms in total. The van der Waals surface area contributed by atoms with Gasteiger partial charge in [0.05, 0.1) is 34.0 Å². The maximum atomic E-state index is 14.3. The van der Waals surface area contributed by atoms with Crippen molar-refractivity contribution in [3.63, 3.8) is 0 Å². The second-order valence-electron chi connectivity index (χ2n) is 10.4. The molecule has 222 valence electrons. The van der Waals surface area contributed by atoms with Crippen molar-refractivity contribution in [1.82, 2.24) is 9.80 Å². The van der Waals surface area contributed by atoms with Crippen LogP contribution in [-0.4, -0.2) is 68.5 Å². The maximum absolute atomic E-state index is 14.3. The van der Waals surface area contributed by atoms with Gasteiger partial charge in [0, 0.05) is 32.7 Å². The lowest BCUT2D eigenvalue weighted by molar-refractivity contribution is 0.0319.